The molecule has 78 valence electrons. The summed E-state index contributed by atoms with van der Waals surface area (Å²) in [6, 6.07) is 3.60. The summed E-state index contributed by atoms with van der Waals surface area (Å²) in [6.45, 7) is 0. The van der Waals surface area contributed by atoms with E-state index in [0.717, 1.165) is 11.4 Å². The minimum atomic E-state index is 0.446. The zero-order valence-corrected chi connectivity index (χ0v) is 9.15. The lowest BCUT2D eigenvalue weighted by molar-refractivity contribution is 0.924. The van der Waals surface area contributed by atoms with Crippen LogP contribution in [-0.2, 0) is 7.05 Å². The van der Waals surface area contributed by atoms with E-state index in [4.69, 9.17) is 11.6 Å². The van der Waals surface area contributed by atoms with Crippen molar-refractivity contribution in [3.63, 3.8) is 0 Å². The van der Waals surface area contributed by atoms with Gasteiger partial charge in [-0.2, -0.15) is 0 Å². The minimum absolute atomic E-state index is 0.446. The monoisotopic (exact) mass is 223 g/mol. The molecule has 0 bridgehead atoms. The van der Waals surface area contributed by atoms with Crippen LogP contribution < -0.4 is 5.32 Å². The predicted octanol–water partition coefficient (Wildman–Crippen LogP) is 1.57. The van der Waals surface area contributed by atoms with E-state index >= 15 is 0 Å². The summed E-state index contributed by atoms with van der Waals surface area (Å²) in [6.07, 6.45) is 1.64. The highest BCUT2D eigenvalue weighted by Gasteiger charge is 2.09. The van der Waals surface area contributed by atoms with Crippen molar-refractivity contribution in [1.82, 2.24) is 19.7 Å². The summed E-state index contributed by atoms with van der Waals surface area (Å²) in [5.74, 6) is 1.46. The van der Waals surface area contributed by atoms with Gasteiger partial charge in [-0.05, 0) is 12.1 Å². The third-order valence-electron chi connectivity index (χ3n) is 2.08. The molecule has 2 aromatic heterocycles. The molecule has 0 aliphatic rings. The third kappa shape index (κ3) is 1.78. The molecule has 5 nitrogen and oxygen atoms in total. The smallest absolute Gasteiger partial charge is 0.224 e. The maximum atomic E-state index is 5.80. The van der Waals surface area contributed by atoms with Crippen LogP contribution in [0.2, 0.25) is 5.15 Å². The average molecular weight is 224 g/mol. The number of pyridine rings is 1. The quantitative estimate of drug-likeness (QED) is 0.786. The second-order valence-electron chi connectivity index (χ2n) is 3.02. The molecular weight excluding hydrogens is 214 g/mol. The molecule has 0 saturated heterocycles. The van der Waals surface area contributed by atoms with Gasteiger partial charge in [0.05, 0.1) is 0 Å². The van der Waals surface area contributed by atoms with Crippen LogP contribution in [0.4, 0.5) is 5.95 Å². The predicted molar refractivity (Wildman–Crippen MR) is 58.8 cm³/mol. The molecule has 6 heteroatoms. The van der Waals surface area contributed by atoms with Crippen molar-refractivity contribution in [2.45, 2.75) is 0 Å². The Morgan fingerprint density at radius 3 is 2.80 bits per heavy atom. The van der Waals surface area contributed by atoms with Crippen LogP contribution in [0.1, 0.15) is 0 Å². The van der Waals surface area contributed by atoms with Crippen molar-refractivity contribution in [1.29, 1.82) is 0 Å². The highest BCUT2D eigenvalue weighted by atomic mass is 35.5. The zero-order valence-electron chi connectivity index (χ0n) is 8.40. The normalized spacial score (nSPS) is 10.3. The number of rotatable bonds is 2. The van der Waals surface area contributed by atoms with E-state index in [1.807, 2.05) is 17.7 Å². The molecule has 0 spiro atoms. The van der Waals surface area contributed by atoms with Crippen molar-refractivity contribution < 1.29 is 0 Å². The molecular formula is C9H10ClN5. The molecule has 0 fully saturated rings. The van der Waals surface area contributed by atoms with Gasteiger partial charge in [-0.15, -0.1) is 10.2 Å². The van der Waals surface area contributed by atoms with Gasteiger partial charge in [-0.25, -0.2) is 4.98 Å². The Hall–Kier alpha value is -1.62. The highest BCUT2D eigenvalue weighted by Crippen LogP contribution is 2.20. The van der Waals surface area contributed by atoms with Crippen molar-refractivity contribution in [3.05, 3.63) is 23.5 Å². The molecule has 0 radical (unpaired) electrons. The van der Waals surface area contributed by atoms with Crippen LogP contribution in [0.3, 0.4) is 0 Å². The summed E-state index contributed by atoms with van der Waals surface area (Å²) in [5.41, 5.74) is 0.895. The van der Waals surface area contributed by atoms with Crippen LogP contribution in [0, 0.1) is 0 Å². The van der Waals surface area contributed by atoms with Crippen LogP contribution >= 0.6 is 11.6 Å². The molecule has 0 amide bonds. The number of nitrogens with zero attached hydrogens (tertiary/aromatic N) is 4. The number of halogens is 1. The Labute approximate surface area is 92.1 Å². The van der Waals surface area contributed by atoms with Gasteiger partial charge in [-0.1, -0.05) is 11.6 Å². The van der Waals surface area contributed by atoms with E-state index < -0.39 is 0 Å². The Morgan fingerprint density at radius 1 is 1.40 bits per heavy atom. The van der Waals surface area contributed by atoms with Crippen molar-refractivity contribution >= 4 is 17.5 Å². The zero-order chi connectivity index (χ0) is 10.8. The standard InChI is InChI=1S/C9H10ClN5/c1-11-9-14-13-8(15(9)2)6-3-4-12-7(10)5-6/h3-5H,1-2H3,(H,11,14). The second-order valence-corrected chi connectivity index (χ2v) is 3.41. The van der Waals surface area contributed by atoms with E-state index in [1.165, 1.54) is 0 Å². The first-order valence-corrected chi connectivity index (χ1v) is 4.79. The largest absolute Gasteiger partial charge is 0.357 e. The lowest BCUT2D eigenvalue weighted by Gasteiger charge is -2.02. The fraction of sp³-hybridized carbons (Fsp3) is 0.222. The highest BCUT2D eigenvalue weighted by molar-refractivity contribution is 6.29. The number of nitrogens with one attached hydrogen (secondary N) is 1. The van der Waals surface area contributed by atoms with Gasteiger partial charge in [0.1, 0.15) is 5.15 Å². The molecule has 0 aliphatic heterocycles. The topological polar surface area (TPSA) is 55.6 Å². The SMILES string of the molecule is CNc1nnc(-c2ccnc(Cl)c2)n1C. The van der Waals surface area contributed by atoms with Crippen LogP contribution in [-0.4, -0.2) is 26.8 Å². The van der Waals surface area contributed by atoms with Crippen LogP contribution in [0.25, 0.3) is 11.4 Å². The van der Waals surface area contributed by atoms with E-state index in [1.54, 1.807) is 19.3 Å². The fourth-order valence-electron chi connectivity index (χ4n) is 1.34. The molecule has 2 rings (SSSR count). The van der Waals surface area contributed by atoms with E-state index in [0.29, 0.717) is 11.1 Å². The summed E-state index contributed by atoms with van der Waals surface area (Å²) < 4.78 is 1.85. The van der Waals surface area contributed by atoms with E-state index in [-0.39, 0.29) is 0 Å². The van der Waals surface area contributed by atoms with Crippen molar-refractivity contribution in [2.75, 3.05) is 12.4 Å². The van der Waals surface area contributed by atoms with Crippen LogP contribution in [0.15, 0.2) is 18.3 Å². The van der Waals surface area contributed by atoms with E-state index in [2.05, 4.69) is 20.5 Å². The Morgan fingerprint density at radius 2 is 2.20 bits per heavy atom. The lowest BCUT2D eigenvalue weighted by atomic mass is 10.2. The van der Waals surface area contributed by atoms with Crippen molar-refractivity contribution in [3.8, 4) is 11.4 Å². The Kier molecular flexibility index (Phi) is 2.55. The maximum absolute atomic E-state index is 5.80. The molecule has 0 atom stereocenters. The van der Waals surface area contributed by atoms with Gasteiger partial charge in [0.15, 0.2) is 5.82 Å². The van der Waals surface area contributed by atoms with Gasteiger partial charge < -0.3 is 5.32 Å². The Bertz CT molecular complexity index is 479. The number of aromatic nitrogens is 4. The van der Waals surface area contributed by atoms with Gasteiger partial charge in [0, 0.05) is 25.9 Å². The summed E-state index contributed by atoms with van der Waals surface area (Å²) in [5, 5.41) is 11.4. The summed E-state index contributed by atoms with van der Waals surface area (Å²) >= 11 is 5.80. The van der Waals surface area contributed by atoms with Crippen molar-refractivity contribution in [2.24, 2.45) is 7.05 Å². The molecule has 15 heavy (non-hydrogen) atoms. The number of hydrogen-bond donors (Lipinski definition) is 1. The van der Waals surface area contributed by atoms with Gasteiger partial charge >= 0.3 is 0 Å². The summed E-state index contributed by atoms with van der Waals surface area (Å²) in [7, 11) is 3.68. The molecule has 0 aromatic carbocycles. The molecule has 2 heterocycles. The maximum Gasteiger partial charge on any atom is 0.224 e. The molecule has 0 aliphatic carbocycles. The molecule has 1 N–H and O–H groups in total. The van der Waals surface area contributed by atoms with Crippen LogP contribution in [0.5, 0.6) is 0 Å². The molecule has 2 aromatic rings. The van der Waals surface area contributed by atoms with Gasteiger partial charge in [0.2, 0.25) is 5.95 Å². The average Bonchev–Trinajstić information content (AvgIpc) is 2.59. The third-order valence-corrected chi connectivity index (χ3v) is 2.29. The first kappa shape index (κ1) is 9.92. The Balaban J connectivity index is 2.49. The second kappa shape index (κ2) is 3.86. The van der Waals surface area contributed by atoms with E-state index in [9.17, 15) is 0 Å². The molecule has 0 unspecified atom stereocenters. The fourth-order valence-corrected chi connectivity index (χ4v) is 1.51. The first-order valence-electron chi connectivity index (χ1n) is 4.41. The number of anilines is 1. The van der Waals surface area contributed by atoms with Gasteiger partial charge in [-0.3, -0.25) is 4.57 Å². The van der Waals surface area contributed by atoms with Gasteiger partial charge in [0.25, 0.3) is 0 Å². The molecule has 0 saturated carbocycles. The minimum Gasteiger partial charge on any atom is -0.357 e. The lowest BCUT2D eigenvalue weighted by Crippen LogP contribution is -1.99. The summed E-state index contributed by atoms with van der Waals surface area (Å²) in [4.78, 5) is 3.91. The number of hydrogen-bond acceptors (Lipinski definition) is 4. The first-order chi connectivity index (χ1) is 7.22.